The first-order valence-corrected chi connectivity index (χ1v) is 9.05. The number of hydrogen-bond acceptors (Lipinski definition) is 3. The summed E-state index contributed by atoms with van der Waals surface area (Å²) in [7, 11) is 0. The second-order valence-electron chi connectivity index (χ2n) is 6.29. The molecule has 0 spiro atoms. The number of amides is 2. The maximum Gasteiger partial charge on any atom is 0.266 e. The molecule has 2 rings (SSSR count). The fraction of sp³-hybridized carbons (Fsp3) is 0.294. The lowest BCUT2D eigenvalue weighted by Gasteiger charge is -2.16. The minimum atomic E-state index is -0.471. The number of benzene rings is 1. The summed E-state index contributed by atoms with van der Waals surface area (Å²) in [4.78, 5) is 25.0. The Labute approximate surface area is 153 Å². The smallest absolute Gasteiger partial charge is 0.266 e. The van der Waals surface area contributed by atoms with Crippen molar-refractivity contribution in [1.82, 2.24) is 0 Å². The Hall–Kier alpha value is -1.41. The SMILES string of the molecule is Cc1cc(NC(=O)C(C)(C)C)sc1C(=O)Nc1ccc(I)cc1. The third-order valence-electron chi connectivity index (χ3n) is 3.14. The average Bonchev–Trinajstić information content (AvgIpc) is 2.81. The summed E-state index contributed by atoms with van der Waals surface area (Å²) < 4.78 is 1.11. The second kappa shape index (κ2) is 7.00. The topological polar surface area (TPSA) is 58.2 Å². The number of hydrogen-bond donors (Lipinski definition) is 2. The Balaban J connectivity index is 2.12. The summed E-state index contributed by atoms with van der Waals surface area (Å²) in [5.41, 5.74) is 1.13. The molecule has 0 saturated heterocycles. The van der Waals surface area contributed by atoms with Crippen LogP contribution >= 0.6 is 33.9 Å². The molecule has 0 aliphatic carbocycles. The van der Waals surface area contributed by atoms with Gasteiger partial charge < -0.3 is 10.6 Å². The van der Waals surface area contributed by atoms with Crippen molar-refractivity contribution in [2.75, 3.05) is 10.6 Å². The molecule has 6 heteroatoms. The molecule has 1 heterocycles. The van der Waals surface area contributed by atoms with Crippen LogP contribution in [0.5, 0.6) is 0 Å². The number of rotatable bonds is 3. The van der Waals surface area contributed by atoms with Crippen molar-refractivity contribution in [3.8, 4) is 0 Å². The number of carbonyl (C=O) groups excluding carboxylic acids is 2. The van der Waals surface area contributed by atoms with Crippen molar-refractivity contribution in [3.05, 3.63) is 44.3 Å². The van der Waals surface area contributed by atoms with E-state index in [1.165, 1.54) is 11.3 Å². The average molecular weight is 442 g/mol. The van der Waals surface area contributed by atoms with E-state index in [2.05, 4.69) is 33.2 Å². The lowest BCUT2D eigenvalue weighted by Crippen LogP contribution is -2.27. The highest BCUT2D eigenvalue weighted by Gasteiger charge is 2.23. The fourth-order valence-corrected chi connectivity index (χ4v) is 3.11. The summed E-state index contributed by atoms with van der Waals surface area (Å²) in [6, 6.07) is 9.44. The summed E-state index contributed by atoms with van der Waals surface area (Å²) >= 11 is 3.51. The minimum Gasteiger partial charge on any atom is -0.321 e. The van der Waals surface area contributed by atoms with E-state index >= 15 is 0 Å². The van der Waals surface area contributed by atoms with Gasteiger partial charge in [-0.15, -0.1) is 11.3 Å². The molecule has 0 fully saturated rings. The van der Waals surface area contributed by atoms with Gasteiger partial charge in [0.05, 0.1) is 9.88 Å². The van der Waals surface area contributed by atoms with Crippen molar-refractivity contribution in [2.24, 2.45) is 5.41 Å². The highest BCUT2D eigenvalue weighted by Crippen LogP contribution is 2.29. The fourth-order valence-electron chi connectivity index (χ4n) is 1.79. The van der Waals surface area contributed by atoms with Gasteiger partial charge in [-0.05, 0) is 65.4 Å². The molecular weight excluding hydrogens is 423 g/mol. The Morgan fingerprint density at radius 2 is 1.70 bits per heavy atom. The number of thiophene rings is 1. The zero-order valence-corrected chi connectivity index (χ0v) is 16.5. The summed E-state index contributed by atoms with van der Waals surface area (Å²) in [5.74, 6) is -0.228. The van der Waals surface area contributed by atoms with Crippen LogP contribution in [0.25, 0.3) is 0 Å². The molecule has 0 aliphatic heterocycles. The zero-order valence-electron chi connectivity index (χ0n) is 13.5. The van der Waals surface area contributed by atoms with Crippen molar-refractivity contribution in [1.29, 1.82) is 0 Å². The van der Waals surface area contributed by atoms with E-state index < -0.39 is 5.41 Å². The molecule has 0 saturated carbocycles. The Bertz CT molecular complexity index is 730. The third kappa shape index (κ3) is 4.78. The predicted molar refractivity (Wildman–Crippen MR) is 104 cm³/mol. The van der Waals surface area contributed by atoms with Gasteiger partial charge in [-0.1, -0.05) is 20.8 Å². The Morgan fingerprint density at radius 1 is 1.09 bits per heavy atom. The van der Waals surface area contributed by atoms with Gasteiger partial charge in [0.15, 0.2) is 0 Å². The molecule has 4 nitrogen and oxygen atoms in total. The number of aryl methyl sites for hydroxylation is 1. The van der Waals surface area contributed by atoms with Gasteiger partial charge in [-0.3, -0.25) is 9.59 Å². The Morgan fingerprint density at radius 3 is 2.26 bits per heavy atom. The van der Waals surface area contributed by atoms with E-state index in [-0.39, 0.29) is 11.8 Å². The van der Waals surface area contributed by atoms with Gasteiger partial charge >= 0.3 is 0 Å². The van der Waals surface area contributed by atoms with Crippen LogP contribution in [0, 0.1) is 15.9 Å². The van der Waals surface area contributed by atoms with E-state index in [9.17, 15) is 9.59 Å². The lowest BCUT2D eigenvalue weighted by atomic mass is 9.96. The molecule has 23 heavy (non-hydrogen) atoms. The maximum absolute atomic E-state index is 12.4. The number of carbonyl (C=O) groups is 2. The van der Waals surface area contributed by atoms with E-state index in [0.717, 1.165) is 14.8 Å². The van der Waals surface area contributed by atoms with Crippen LogP contribution in [0.15, 0.2) is 30.3 Å². The van der Waals surface area contributed by atoms with Crippen LogP contribution in [-0.2, 0) is 4.79 Å². The van der Waals surface area contributed by atoms with E-state index in [0.29, 0.717) is 9.88 Å². The van der Waals surface area contributed by atoms with Crippen LogP contribution in [0.1, 0.15) is 36.0 Å². The summed E-state index contributed by atoms with van der Waals surface area (Å²) in [6.45, 7) is 7.43. The van der Waals surface area contributed by atoms with Gasteiger partial charge in [0.2, 0.25) is 5.91 Å². The number of halogens is 1. The molecule has 0 unspecified atom stereocenters. The van der Waals surface area contributed by atoms with Crippen molar-refractivity contribution < 1.29 is 9.59 Å². The number of nitrogens with one attached hydrogen (secondary N) is 2. The van der Waals surface area contributed by atoms with E-state index in [4.69, 9.17) is 0 Å². The van der Waals surface area contributed by atoms with Crippen molar-refractivity contribution >= 4 is 56.4 Å². The van der Waals surface area contributed by atoms with Gasteiger partial charge in [-0.2, -0.15) is 0 Å². The van der Waals surface area contributed by atoms with Crippen LogP contribution in [0.4, 0.5) is 10.7 Å². The van der Waals surface area contributed by atoms with E-state index in [1.807, 2.05) is 58.0 Å². The predicted octanol–water partition coefficient (Wildman–Crippen LogP) is 4.90. The van der Waals surface area contributed by atoms with Gasteiger partial charge in [-0.25, -0.2) is 0 Å². The van der Waals surface area contributed by atoms with Gasteiger partial charge in [0, 0.05) is 14.7 Å². The minimum absolute atomic E-state index is 0.0663. The van der Waals surface area contributed by atoms with Crippen LogP contribution in [0.3, 0.4) is 0 Å². The molecule has 0 radical (unpaired) electrons. The molecule has 1 aromatic heterocycles. The molecule has 1 aromatic carbocycles. The third-order valence-corrected chi connectivity index (χ3v) is 5.01. The first-order valence-electron chi connectivity index (χ1n) is 7.15. The number of anilines is 2. The normalized spacial score (nSPS) is 11.2. The van der Waals surface area contributed by atoms with Crippen LogP contribution in [-0.4, -0.2) is 11.8 Å². The van der Waals surface area contributed by atoms with Crippen molar-refractivity contribution in [2.45, 2.75) is 27.7 Å². The standard InChI is InChI=1S/C17H19IN2O2S/c1-10-9-13(20-16(22)17(2,3)4)23-14(10)15(21)19-12-7-5-11(18)6-8-12/h5-9H,1-4H3,(H,19,21)(H,20,22). The summed E-state index contributed by atoms with van der Waals surface area (Å²) in [5, 5.41) is 6.44. The van der Waals surface area contributed by atoms with Gasteiger partial charge in [0.25, 0.3) is 5.91 Å². The molecule has 0 bridgehead atoms. The molecule has 2 N–H and O–H groups in total. The van der Waals surface area contributed by atoms with Crippen molar-refractivity contribution in [3.63, 3.8) is 0 Å². The van der Waals surface area contributed by atoms with Crippen LogP contribution < -0.4 is 10.6 Å². The van der Waals surface area contributed by atoms with E-state index in [1.54, 1.807) is 0 Å². The molecule has 2 amide bonds. The molecule has 2 aromatic rings. The quantitative estimate of drug-likeness (QED) is 0.665. The highest BCUT2D eigenvalue weighted by atomic mass is 127. The first kappa shape index (κ1) is 17.9. The maximum atomic E-state index is 12.4. The molecule has 122 valence electrons. The highest BCUT2D eigenvalue weighted by molar-refractivity contribution is 14.1. The lowest BCUT2D eigenvalue weighted by molar-refractivity contribution is -0.123. The first-order chi connectivity index (χ1) is 10.7. The largest absolute Gasteiger partial charge is 0.321 e. The van der Waals surface area contributed by atoms with Crippen LogP contribution in [0.2, 0.25) is 0 Å². The molecule has 0 atom stereocenters. The second-order valence-corrected chi connectivity index (χ2v) is 8.59. The molecule has 0 aliphatic rings. The van der Waals surface area contributed by atoms with Gasteiger partial charge in [0.1, 0.15) is 0 Å². The zero-order chi connectivity index (χ0) is 17.2. The monoisotopic (exact) mass is 442 g/mol. The summed E-state index contributed by atoms with van der Waals surface area (Å²) in [6.07, 6.45) is 0. The Kier molecular flexibility index (Phi) is 5.46. The molecular formula is C17H19IN2O2S.